The normalized spacial score (nSPS) is 10.5. The molecule has 0 saturated carbocycles. The minimum absolute atomic E-state index is 0.193. The van der Waals surface area contributed by atoms with Crippen LogP contribution in [-0.2, 0) is 0 Å². The average molecular weight is 236 g/mol. The zero-order valence-corrected chi connectivity index (χ0v) is 10.4. The van der Waals surface area contributed by atoms with Crippen LogP contribution in [0.4, 0.5) is 5.82 Å². The van der Waals surface area contributed by atoms with Gasteiger partial charge in [0, 0.05) is 6.54 Å². The molecule has 0 fully saturated rings. The fourth-order valence-electron chi connectivity index (χ4n) is 1.43. The first-order valence-electron chi connectivity index (χ1n) is 5.97. The molecule has 0 atom stereocenters. The second kappa shape index (κ2) is 6.83. The van der Waals surface area contributed by atoms with E-state index in [1.54, 1.807) is 12.1 Å². The lowest BCUT2D eigenvalue weighted by Crippen LogP contribution is -2.25. The lowest BCUT2D eigenvalue weighted by atomic mass is 10.1. The number of anilines is 1. The molecule has 5 heteroatoms. The molecule has 3 N–H and O–H groups in total. The summed E-state index contributed by atoms with van der Waals surface area (Å²) in [5.74, 6) is 0.842. The van der Waals surface area contributed by atoms with Gasteiger partial charge in [-0.1, -0.05) is 26.7 Å². The number of nitrogens with zero attached hydrogens (tertiary/aromatic N) is 2. The van der Waals surface area contributed by atoms with Crippen molar-refractivity contribution < 1.29 is 4.79 Å². The molecule has 1 rings (SSSR count). The third kappa shape index (κ3) is 5.29. The van der Waals surface area contributed by atoms with Gasteiger partial charge in [-0.3, -0.25) is 4.79 Å². The summed E-state index contributed by atoms with van der Waals surface area (Å²) in [4.78, 5) is 11.6. The Labute approximate surface area is 102 Å². The highest BCUT2D eigenvalue weighted by Crippen LogP contribution is 2.05. The van der Waals surface area contributed by atoms with Crippen LogP contribution in [0.1, 0.15) is 43.6 Å². The number of rotatable bonds is 6. The molecule has 0 aliphatic rings. The van der Waals surface area contributed by atoms with Crippen molar-refractivity contribution in [3.63, 3.8) is 0 Å². The van der Waals surface area contributed by atoms with Crippen LogP contribution in [0.25, 0.3) is 0 Å². The molecule has 0 aromatic carbocycles. The number of nitrogens with one attached hydrogen (secondary N) is 1. The van der Waals surface area contributed by atoms with E-state index in [-0.39, 0.29) is 5.91 Å². The number of aromatic nitrogens is 2. The van der Waals surface area contributed by atoms with Gasteiger partial charge in [-0.15, -0.1) is 10.2 Å². The molecule has 0 bridgehead atoms. The maximum atomic E-state index is 11.6. The SMILES string of the molecule is CC(C)CCCCNC(=O)c1ccc(N)nn1. The van der Waals surface area contributed by atoms with E-state index in [1.807, 2.05) is 0 Å². The van der Waals surface area contributed by atoms with Gasteiger partial charge in [0.25, 0.3) is 5.91 Å². The number of hydrogen-bond acceptors (Lipinski definition) is 4. The molecule has 5 nitrogen and oxygen atoms in total. The Morgan fingerprint density at radius 3 is 2.71 bits per heavy atom. The summed E-state index contributed by atoms with van der Waals surface area (Å²) in [5.41, 5.74) is 5.70. The molecule has 1 aromatic heterocycles. The number of hydrogen-bond donors (Lipinski definition) is 2. The number of unbranched alkanes of at least 4 members (excludes halogenated alkanes) is 1. The minimum atomic E-state index is -0.193. The summed E-state index contributed by atoms with van der Waals surface area (Å²) in [6, 6.07) is 3.15. The van der Waals surface area contributed by atoms with Gasteiger partial charge in [-0.05, 0) is 24.5 Å². The first-order chi connectivity index (χ1) is 8.09. The highest BCUT2D eigenvalue weighted by Gasteiger charge is 2.06. The molecule has 1 heterocycles. The summed E-state index contributed by atoms with van der Waals surface area (Å²) in [6.07, 6.45) is 3.31. The van der Waals surface area contributed by atoms with E-state index < -0.39 is 0 Å². The number of nitrogen functional groups attached to an aromatic ring is 1. The third-order valence-corrected chi connectivity index (χ3v) is 2.41. The highest BCUT2D eigenvalue weighted by molar-refractivity contribution is 5.92. The van der Waals surface area contributed by atoms with Crippen molar-refractivity contribution in [2.45, 2.75) is 33.1 Å². The lowest BCUT2D eigenvalue weighted by Gasteiger charge is -2.05. The van der Waals surface area contributed by atoms with E-state index in [1.165, 1.54) is 6.42 Å². The Hall–Kier alpha value is -1.65. The van der Waals surface area contributed by atoms with E-state index in [2.05, 4.69) is 29.4 Å². The van der Waals surface area contributed by atoms with Gasteiger partial charge in [0.15, 0.2) is 5.69 Å². The second-order valence-electron chi connectivity index (χ2n) is 4.49. The first kappa shape index (κ1) is 13.4. The van der Waals surface area contributed by atoms with Gasteiger partial charge in [-0.25, -0.2) is 0 Å². The number of carbonyl (C=O) groups is 1. The standard InChI is InChI=1S/C12H20N4O/c1-9(2)5-3-4-8-14-12(17)10-6-7-11(13)16-15-10/h6-7,9H,3-5,8H2,1-2H3,(H2,13,16)(H,14,17). The van der Waals surface area contributed by atoms with Crippen molar-refractivity contribution >= 4 is 11.7 Å². The van der Waals surface area contributed by atoms with Gasteiger partial charge < -0.3 is 11.1 Å². The summed E-state index contributed by atoms with van der Waals surface area (Å²) in [5, 5.41) is 10.2. The minimum Gasteiger partial charge on any atom is -0.382 e. The Balaban J connectivity index is 2.23. The van der Waals surface area contributed by atoms with Gasteiger partial charge in [0.2, 0.25) is 0 Å². The van der Waals surface area contributed by atoms with Crippen molar-refractivity contribution in [1.82, 2.24) is 15.5 Å². The average Bonchev–Trinajstić information content (AvgIpc) is 2.29. The molecule has 1 amide bonds. The molecule has 17 heavy (non-hydrogen) atoms. The van der Waals surface area contributed by atoms with Crippen LogP contribution in [0.2, 0.25) is 0 Å². The van der Waals surface area contributed by atoms with Crippen molar-refractivity contribution in [3.8, 4) is 0 Å². The van der Waals surface area contributed by atoms with Crippen LogP contribution in [0, 0.1) is 5.92 Å². The Kier molecular flexibility index (Phi) is 5.39. The number of carbonyl (C=O) groups excluding carboxylic acids is 1. The topological polar surface area (TPSA) is 80.9 Å². The Morgan fingerprint density at radius 1 is 1.35 bits per heavy atom. The van der Waals surface area contributed by atoms with Crippen LogP contribution in [0.15, 0.2) is 12.1 Å². The lowest BCUT2D eigenvalue weighted by molar-refractivity contribution is 0.0947. The van der Waals surface area contributed by atoms with Crippen LogP contribution < -0.4 is 11.1 Å². The van der Waals surface area contributed by atoms with E-state index in [0.29, 0.717) is 24.0 Å². The third-order valence-electron chi connectivity index (χ3n) is 2.41. The Morgan fingerprint density at radius 2 is 2.12 bits per heavy atom. The highest BCUT2D eigenvalue weighted by atomic mass is 16.1. The van der Waals surface area contributed by atoms with Crippen LogP contribution in [0.3, 0.4) is 0 Å². The van der Waals surface area contributed by atoms with E-state index in [4.69, 9.17) is 5.73 Å². The van der Waals surface area contributed by atoms with Crippen LogP contribution >= 0.6 is 0 Å². The molecule has 0 unspecified atom stereocenters. The molecule has 1 aromatic rings. The molecule has 0 radical (unpaired) electrons. The predicted octanol–water partition coefficient (Wildman–Crippen LogP) is 1.61. The second-order valence-corrected chi connectivity index (χ2v) is 4.49. The van der Waals surface area contributed by atoms with Crippen LogP contribution in [0.5, 0.6) is 0 Å². The number of amides is 1. The molecular weight excluding hydrogens is 216 g/mol. The zero-order valence-electron chi connectivity index (χ0n) is 10.4. The van der Waals surface area contributed by atoms with Crippen molar-refractivity contribution in [2.75, 3.05) is 12.3 Å². The maximum absolute atomic E-state index is 11.6. The van der Waals surface area contributed by atoms with Crippen molar-refractivity contribution in [2.24, 2.45) is 5.92 Å². The molecule has 94 valence electrons. The van der Waals surface area contributed by atoms with E-state index in [9.17, 15) is 4.79 Å². The van der Waals surface area contributed by atoms with E-state index in [0.717, 1.165) is 12.8 Å². The summed E-state index contributed by atoms with van der Waals surface area (Å²) in [7, 11) is 0. The number of nitrogens with two attached hydrogens (primary N) is 1. The smallest absolute Gasteiger partial charge is 0.271 e. The van der Waals surface area contributed by atoms with Crippen molar-refractivity contribution in [3.05, 3.63) is 17.8 Å². The van der Waals surface area contributed by atoms with Gasteiger partial charge in [0.1, 0.15) is 5.82 Å². The Bertz CT molecular complexity index is 348. The van der Waals surface area contributed by atoms with Crippen molar-refractivity contribution in [1.29, 1.82) is 0 Å². The molecule has 0 aliphatic heterocycles. The van der Waals surface area contributed by atoms with Gasteiger partial charge in [-0.2, -0.15) is 0 Å². The maximum Gasteiger partial charge on any atom is 0.271 e. The molecule has 0 saturated heterocycles. The summed E-state index contributed by atoms with van der Waals surface area (Å²) >= 11 is 0. The summed E-state index contributed by atoms with van der Waals surface area (Å²) < 4.78 is 0. The van der Waals surface area contributed by atoms with E-state index >= 15 is 0 Å². The monoisotopic (exact) mass is 236 g/mol. The summed E-state index contributed by atoms with van der Waals surface area (Å²) in [6.45, 7) is 5.07. The predicted molar refractivity (Wildman–Crippen MR) is 67.5 cm³/mol. The molecule has 0 spiro atoms. The largest absolute Gasteiger partial charge is 0.382 e. The molecule has 0 aliphatic carbocycles. The zero-order chi connectivity index (χ0) is 12.7. The van der Waals surface area contributed by atoms with Gasteiger partial charge >= 0.3 is 0 Å². The fraction of sp³-hybridized carbons (Fsp3) is 0.583. The molecular formula is C12H20N4O. The fourth-order valence-corrected chi connectivity index (χ4v) is 1.43. The first-order valence-corrected chi connectivity index (χ1v) is 5.97. The van der Waals surface area contributed by atoms with Crippen LogP contribution in [-0.4, -0.2) is 22.6 Å². The van der Waals surface area contributed by atoms with Gasteiger partial charge in [0.05, 0.1) is 0 Å². The quantitative estimate of drug-likeness (QED) is 0.735.